The number of amides is 1. The average Bonchev–Trinajstić information content (AvgIpc) is 3.39. The van der Waals surface area contributed by atoms with E-state index in [2.05, 4.69) is 10.2 Å². The van der Waals surface area contributed by atoms with Gasteiger partial charge in [0.15, 0.2) is 15.6 Å². The predicted octanol–water partition coefficient (Wildman–Crippen LogP) is 4.76. The van der Waals surface area contributed by atoms with Gasteiger partial charge in [0.2, 0.25) is 11.8 Å². The van der Waals surface area contributed by atoms with Gasteiger partial charge in [0.1, 0.15) is 11.5 Å². The molecule has 1 aliphatic carbocycles. The van der Waals surface area contributed by atoms with Crippen molar-refractivity contribution in [2.45, 2.75) is 36.1 Å². The molecule has 1 aliphatic rings. The van der Waals surface area contributed by atoms with E-state index in [1.165, 1.54) is 24.3 Å². The number of nitrogens with zero attached hydrogens (tertiary/aromatic N) is 3. The topological polar surface area (TPSA) is 107 Å². The van der Waals surface area contributed by atoms with Crippen LogP contribution < -0.4 is 0 Å². The van der Waals surface area contributed by atoms with E-state index in [1.807, 2.05) is 0 Å². The first kappa shape index (κ1) is 22.4. The Morgan fingerprint density at radius 2 is 1.71 bits per heavy atom. The maximum absolute atomic E-state index is 13.2. The quantitative estimate of drug-likeness (QED) is 0.345. The van der Waals surface area contributed by atoms with Gasteiger partial charge in [-0.15, -0.1) is 10.2 Å². The Balaban J connectivity index is 1.30. The molecule has 0 atom stereocenters. The lowest BCUT2D eigenvalue weighted by Crippen LogP contribution is -2.32. The number of sulfone groups is 1. The van der Waals surface area contributed by atoms with Crippen molar-refractivity contribution < 1.29 is 22.0 Å². The Hall–Kier alpha value is -3.43. The van der Waals surface area contributed by atoms with Gasteiger partial charge >= 0.3 is 0 Å². The van der Waals surface area contributed by atoms with Crippen LogP contribution in [0.2, 0.25) is 5.02 Å². The van der Waals surface area contributed by atoms with Crippen LogP contribution in [-0.2, 0) is 22.1 Å². The number of carbonyl (C=O) groups is 1. The van der Waals surface area contributed by atoms with Crippen molar-refractivity contribution in [3.8, 4) is 11.5 Å². The summed E-state index contributed by atoms with van der Waals surface area (Å²) < 4.78 is 36.6. The van der Waals surface area contributed by atoms with Crippen molar-refractivity contribution >= 4 is 27.3 Å². The third-order valence-electron chi connectivity index (χ3n) is 5.42. The Bertz CT molecular complexity index is 1410. The van der Waals surface area contributed by atoms with E-state index in [0.29, 0.717) is 16.8 Å². The SMILES string of the molecule is O=C(c1ccc(CS(=O)(=O)c2ccccc2)o1)N(Cc1nnc(-c2ccc(Cl)cc2)o1)C1CC1. The van der Waals surface area contributed by atoms with Crippen LogP contribution in [-0.4, -0.2) is 35.5 Å². The average molecular weight is 498 g/mol. The number of rotatable bonds is 8. The molecular formula is C24H20ClN3O5S. The maximum Gasteiger partial charge on any atom is 0.290 e. The molecule has 4 aromatic rings. The Kier molecular flexibility index (Phi) is 5.97. The lowest BCUT2D eigenvalue weighted by molar-refractivity contribution is 0.0680. The molecule has 1 saturated carbocycles. The van der Waals surface area contributed by atoms with Crippen molar-refractivity contribution in [1.29, 1.82) is 0 Å². The number of hydrogen-bond donors (Lipinski definition) is 0. The van der Waals surface area contributed by atoms with Gasteiger partial charge in [0.05, 0.1) is 11.4 Å². The Morgan fingerprint density at radius 1 is 0.971 bits per heavy atom. The van der Waals surface area contributed by atoms with Crippen molar-refractivity contribution in [3.05, 3.63) is 89.2 Å². The summed E-state index contributed by atoms with van der Waals surface area (Å²) in [7, 11) is -3.59. The molecule has 1 fully saturated rings. The van der Waals surface area contributed by atoms with E-state index >= 15 is 0 Å². The van der Waals surface area contributed by atoms with Gasteiger partial charge in [-0.25, -0.2) is 8.42 Å². The minimum absolute atomic E-state index is 0.0417. The predicted molar refractivity (Wildman–Crippen MR) is 124 cm³/mol. The van der Waals surface area contributed by atoms with Gasteiger partial charge in [-0.05, 0) is 61.4 Å². The molecular weight excluding hydrogens is 478 g/mol. The molecule has 0 aliphatic heterocycles. The molecule has 34 heavy (non-hydrogen) atoms. The highest BCUT2D eigenvalue weighted by molar-refractivity contribution is 7.90. The number of furan rings is 1. The summed E-state index contributed by atoms with van der Waals surface area (Å²) in [4.78, 5) is 15.0. The molecule has 0 saturated heterocycles. The zero-order valence-corrected chi connectivity index (χ0v) is 19.5. The molecule has 2 aromatic heterocycles. The largest absolute Gasteiger partial charge is 0.455 e. The van der Waals surface area contributed by atoms with E-state index in [-0.39, 0.29) is 40.7 Å². The number of halogens is 1. The second-order valence-corrected chi connectivity index (χ2v) is 10.4. The van der Waals surface area contributed by atoms with Gasteiger partial charge in [-0.1, -0.05) is 29.8 Å². The number of hydrogen-bond acceptors (Lipinski definition) is 7. The fraction of sp³-hybridized carbons (Fsp3) is 0.208. The number of benzene rings is 2. The third-order valence-corrected chi connectivity index (χ3v) is 7.33. The zero-order chi connectivity index (χ0) is 23.7. The van der Waals surface area contributed by atoms with E-state index < -0.39 is 9.84 Å². The molecule has 174 valence electrons. The van der Waals surface area contributed by atoms with Crippen molar-refractivity contribution in [2.75, 3.05) is 0 Å². The highest BCUT2D eigenvalue weighted by Gasteiger charge is 2.35. The van der Waals surface area contributed by atoms with Crippen LogP contribution in [0.15, 0.2) is 80.5 Å². The molecule has 0 bridgehead atoms. The Labute approximate surface area is 201 Å². The molecule has 2 heterocycles. The first-order chi connectivity index (χ1) is 16.4. The van der Waals surface area contributed by atoms with Crippen LogP contribution >= 0.6 is 11.6 Å². The summed E-state index contributed by atoms with van der Waals surface area (Å²) in [6, 6.07) is 18.2. The third kappa shape index (κ3) is 4.90. The summed E-state index contributed by atoms with van der Waals surface area (Å²) >= 11 is 5.92. The highest BCUT2D eigenvalue weighted by atomic mass is 35.5. The van der Waals surface area contributed by atoms with E-state index in [9.17, 15) is 13.2 Å². The lowest BCUT2D eigenvalue weighted by Gasteiger charge is -2.19. The molecule has 0 N–H and O–H groups in total. The lowest BCUT2D eigenvalue weighted by atomic mass is 10.2. The summed E-state index contributed by atoms with van der Waals surface area (Å²) in [6.07, 6.45) is 1.72. The Morgan fingerprint density at radius 3 is 2.41 bits per heavy atom. The molecule has 1 amide bonds. The first-order valence-electron chi connectivity index (χ1n) is 10.6. The van der Waals surface area contributed by atoms with Crippen LogP contribution in [0.4, 0.5) is 0 Å². The van der Waals surface area contributed by atoms with Gasteiger partial charge in [-0.3, -0.25) is 4.79 Å². The summed E-state index contributed by atoms with van der Waals surface area (Å²) in [5.41, 5.74) is 0.725. The van der Waals surface area contributed by atoms with E-state index in [4.69, 9.17) is 20.4 Å². The minimum Gasteiger partial charge on any atom is -0.455 e. The fourth-order valence-corrected chi connectivity index (χ4v) is 4.93. The monoisotopic (exact) mass is 497 g/mol. The second-order valence-electron chi connectivity index (χ2n) is 8.01. The molecule has 0 unspecified atom stereocenters. The standard InChI is InChI=1S/C24H20ClN3O5S/c25-17-8-6-16(7-9-17)23-27-26-22(33-23)14-28(18-10-11-18)24(29)21-13-12-19(32-21)15-34(30,31)20-4-2-1-3-5-20/h1-9,12-13,18H,10-11,14-15H2. The van der Waals surface area contributed by atoms with Gasteiger partial charge in [0.25, 0.3) is 5.91 Å². The van der Waals surface area contributed by atoms with Crippen molar-refractivity contribution in [3.63, 3.8) is 0 Å². The fourth-order valence-electron chi connectivity index (χ4n) is 3.54. The van der Waals surface area contributed by atoms with Crippen LogP contribution in [0.3, 0.4) is 0 Å². The minimum atomic E-state index is -3.59. The maximum atomic E-state index is 13.2. The molecule has 0 radical (unpaired) electrons. The van der Waals surface area contributed by atoms with Crippen LogP contribution in [0.5, 0.6) is 0 Å². The van der Waals surface area contributed by atoms with Crippen molar-refractivity contribution in [1.82, 2.24) is 15.1 Å². The second kappa shape index (κ2) is 9.08. The number of aromatic nitrogens is 2. The van der Waals surface area contributed by atoms with Gasteiger partial charge in [0, 0.05) is 16.6 Å². The van der Waals surface area contributed by atoms with Crippen molar-refractivity contribution in [2.24, 2.45) is 0 Å². The van der Waals surface area contributed by atoms with Crippen LogP contribution in [0.25, 0.3) is 11.5 Å². The van der Waals surface area contributed by atoms with Gasteiger partial charge in [-0.2, -0.15) is 0 Å². The first-order valence-corrected chi connectivity index (χ1v) is 12.7. The molecule has 0 spiro atoms. The molecule has 2 aromatic carbocycles. The number of carbonyl (C=O) groups excluding carboxylic acids is 1. The van der Waals surface area contributed by atoms with Gasteiger partial charge < -0.3 is 13.7 Å². The molecule has 5 rings (SSSR count). The van der Waals surface area contributed by atoms with E-state index in [0.717, 1.165) is 18.4 Å². The zero-order valence-electron chi connectivity index (χ0n) is 17.9. The summed E-state index contributed by atoms with van der Waals surface area (Å²) in [5, 5.41) is 8.74. The highest BCUT2D eigenvalue weighted by Crippen LogP contribution is 2.31. The molecule has 8 nitrogen and oxygen atoms in total. The van der Waals surface area contributed by atoms with Crippen LogP contribution in [0.1, 0.15) is 35.0 Å². The summed E-state index contributed by atoms with van der Waals surface area (Å²) in [5.74, 6) is 0.220. The smallest absolute Gasteiger partial charge is 0.290 e. The molecule has 10 heteroatoms. The van der Waals surface area contributed by atoms with Crippen LogP contribution in [0, 0.1) is 0 Å². The normalized spacial score (nSPS) is 13.7. The van der Waals surface area contributed by atoms with E-state index in [1.54, 1.807) is 47.4 Å². The summed E-state index contributed by atoms with van der Waals surface area (Å²) in [6.45, 7) is 0.127.